The first-order valence-corrected chi connectivity index (χ1v) is 6.95. The fraction of sp³-hybridized carbons (Fsp3) is 1.00. The Labute approximate surface area is 102 Å². The predicted octanol–water partition coefficient (Wildman–Crippen LogP) is 2.74. The van der Waals surface area contributed by atoms with Crippen molar-refractivity contribution >= 4 is 0 Å². The van der Waals surface area contributed by atoms with Crippen molar-refractivity contribution in [1.29, 1.82) is 0 Å². The summed E-state index contributed by atoms with van der Waals surface area (Å²) in [5.41, 5.74) is 0.547. The topological polar surface area (TPSA) is 15.3 Å². The second-order valence-corrected chi connectivity index (χ2v) is 5.95. The van der Waals surface area contributed by atoms with Gasteiger partial charge < -0.3 is 10.2 Å². The van der Waals surface area contributed by atoms with Crippen LogP contribution in [0.2, 0.25) is 0 Å². The Bertz CT molecular complexity index is 183. The summed E-state index contributed by atoms with van der Waals surface area (Å²) in [6, 6.07) is 0. The van der Waals surface area contributed by atoms with Gasteiger partial charge in [0.25, 0.3) is 0 Å². The third-order valence-corrected chi connectivity index (χ3v) is 4.10. The summed E-state index contributed by atoms with van der Waals surface area (Å²) in [5, 5.41) is 3.41. The molecule has 1 aliphatic rings. The van der Waals surface area contributed by atoms with Crippen molar-refractivity contribution in [1.82, 2.24) is 10.2 Å². The van der Waals surface area contributed by atoms with Crippen LogP contribution >= 0.6 is 0 Å². The summed E-state index contributed by atoms with van der Waals surface area (Å²) in [6.07, 6.45) is 6.91. The van der Waals surface area contributed by atoms with E-state index >= 15 is 0 Å². The van der Waals surface area contributed by atoms with Crippen LogP contribution in [0, 0.1) is 11.3 Å². The zero-order chi connectivity index (χ0) is 12.0. The lowest BCUT2D eigenvalue weighted by molar-refractivity contribution is 0.101. The number of nitrogens with one attached hydrogen (secondary N) is 1. The van der Waals surface area contributed by atoms with E-state index in [0.29, 0.717) is 5.41 Å². The molecule has 1 N–H and O–H groups in total. The van der Waals surface area contributed by atoms with Gasteiger partial charge in [0.1, 0.15) is 0 Å². The van der Waals surface area contributed by atoms with Crippen LogP contribution in [0.1, 0.15) is 46.0 Å². The predicted molar refractivity (Wildman–Crippen MR) is 71.8 cm³/mol. The molecule has 0 saturated heterocycles. The Morgan fingerprint density at radius 2 is 1.94 bits per heavy atom. The smallest absolute Gasteiger partial charge is 0.00471 e. The van der Waals surface area contributed by atoms with E-state index in [2.05, 4.69) is 38.2 Å². The van der Waals surface area contributed by atoms with Gasteiger partial charge in [-0.3, -0.25) is 0 Å². The van der Waals surface area contributed by atoms with Crippen LogP contribution < -0.4 is 5.32 Å². The molecule has 0 aromatic carbocycles. The summed E-state index contributed by atoms with van der Waals surface area (Å²) in [7, 11) is 4.37. The Morgan fingerprint density at radius 1 is 1.31 bits per heavy atom. The molecule has 0 bridgehead atoms. The monoisotopic (exact) mass is 226 g/mol. The Morgan fingerprint density at radius 3 is 2.44 bits per heavy atom. The maximum absolute atomic E-state index is 3.41. The molecular weight excluding hydrogens is 196 g/mol. The van der Waals surface area contributed by atoms with E-state index in [1.54, 1.807) is 0 Å². The number of rotatable bonds is 6. The van der Waals surface area contributed by atoms with Gasteiger partial charge in [-0.15, -0.1) is 0 Å². The lowest BCUT2D eigenvalue weighted by Gasteiger charge is -2.42. The van der Waals surface area contributed by atoms with Gasteiger partial charge in [0.15, 0.2) is 0 Å². The summed E-state index contributed by atoms with van der Waals surface area (Å²) >= 11 is 0. The average Bonchev–Trinajstić information content (AvgIpc) is 2.23. The van der Waals surface area contributed by atoms with Gasteiger partial charge in [0, 0.05) is 13.1 Å². The van der Waals surface area contributed by atoms with Crippen LogP contribution in [0.3, 0.4) is 0 Å². The molecule has 1 rings (SSSR count). The minimum Gasteiger partial charge on any atom is -0.319 e. The molecule has 16 heavy (non-hydrogen) atoms. The van der Waals surface area contributed by atoms with E-state index in [4.69, 9.17) is 0 Å². The highest BCUT2D eigenvalue weighted by atomic mass is 15.1. The van der Waals surface area contributed by atoms with Crippen molar-refractivity contribution in [2.75, 3.05) is 33.7 Å². The van der Waals surface area contributed by atoms with E-state index < -0.39 is 0 Å². The zero-order valence-electron chi connectivity index (χ0n) is 11.7. The van der Waals surface area contributed by atoms with Crippen molar-refractivity contribution in [3.05, 3.63) is 0 Å². The highest BCUT2D eigenvalue weighted by Crippen LogP contribution is 2.38. The quantitative estimate of drug-likeness (QED) is 0.749. The second-order valence-electron chi connectivity index (χ2n) is 5.95. The van der Waals surface area contributed by atoms with Crippen molar-refractivity contribution in [2.45, 2.75) is 46.0 Å². The van der Waals surface area contributed by atoms with Crippen molar-refractivity contribution in [3.8, 4) is 0 Å². The number of hydrogen-bond acceptors (Lipinski definition) is 2. The SMILES string of the molecule is CCCN(C)CC1(CNC)CCC(C)CC1. The Balaban J connectivity index is 2.51. The van der Waals surface area contributed by atoms with Crippen molar-refractivity contribution in [2.24, 2.45) is 11.3 Å². The maximum atomic E-state index is 3.41. The molecule has 0 heterocycles. The zero-order valence-corrected chi connectivity index (χ0v) is 11.7. The summed E-state index contributed by atoms with van der Waals surface area (Å²) in [6.45, 7) is 8.37. The van der Waals surface area contributed by atoms with Crippen LogP contribution in [0.5, 0.6) is 0 Å². The molecule has 1 fully saturated rings. The molecule has 0 spiro atoms. The van der Waals surface area contributed by atoms with E-state index in [9.17, 15) is 0 Å². The van der Waals surface area contributed by atoms with Gasteiger partial charge in [-0.1, -0.05) is 26.7 Å². The highest BCUT2D eigenvalue weighted by Gasteiger charge is 2.34. The van der Waals surface area contributed by atoms with Gasteiger partial charge in [-0.05, 0) is 51.2 Å². The highest BCUT2D eigenvalue weighted by molar-refractivity contribution is 4.88. The van der Waals surface area contributed by atoms with Crippen LogP contribution in [0.4, 0.5) is 0 Å². The molecule has 2 heteroatoms. The second kappa shape index (κ2) is 6.61. The van der Waals surface area contributed by atoms with Crippen LogP contribution in [-0.2, 0) is 0 Å². The first kappa shape index (κ1) is 14.0. The standard InChI is InChI=1S/C14H30N2/c1-5-10-16(4)12-14(11-15-3)8-6-13(2)7-9-14/h13,15H,5-12H2,1-4H3. The fourth-order valence-electron chi connectivity index (χ4n) is 3.17. The minimum absolute atomic E-state index is 0.547. The van der Waals surface area contributed by atoms with Crippen molar-refractivity contribution < 1.29 is 0 Å². The van der Waals surface area contributed by atoms with Crippen LogP contribution in [-0.4, -0.2) is 38.6 Å². The molecule has 0 aromatic heterocycles. The first-order chi connectivity index (χ1) is 7.62. The fourth-order valence-corrected chi connectivity index (χ4v) is 3.17. The average molecular weight is 226 g/mol. The lowest BCUT2D eigenvalue weighted by atomic mass is 9.70. The summed E-state index contributed by atoms with van der Waals surface area (Å²) in [4.78, 5) is 2.52. The van der Waals surface area contributed by atoms with E-state index in [1.807, 2.05) is 0 Å². The minimum atomic E-state index is 0.547. The van der Waals surface area contributed by atoms with Crippen LogP contribution in [0.25, 0.3) is 0 Å². The first-order valence-electron chi connectivity index (χ1n) is 6.95. The molecule has 2 nitrogen and oxygen atoms in total. The third kappa shape index (κ3) is 4.06. The lowest BCUT2D eigenvalue weighted by Crippen LogP contribution is -2.44. The molecule has 0 aliphatic heterocycles. The van der Waals surface area contributed by atoms with Gasteiger partial charge in [0.05, 0.1) is 0 Å². The largest absolute Gasteiger partial charge is 0.319 e. The van der Waals surface area contributed by atoms with Crippen molar-refractivity contribution in [3.63, 3.8) is 0 Å². The summed E-state index contributed by atoms with van der Waals surface area (Å²) in [5.74, 6) is 0.946. The third-order valence-electron chi connectivity index (χ3n) is 4.10. The molecule has 0 aromatic rings. The molecule has 0 radical (unpaired) electrons. The molecule has 0 atom stereocenters. The number of hydrogen-bond donors (Lipinski definition) is 1. The van der Waals surface area contributed by atoms with Crippen LogP contribution in [0.15, 0.2) is 0 Å². The van der Waals surface area contributed by atoms with E-state index in [1.165, 1.54) is 51.7 Å². The Hall–Kier alpha value is -0.0800. The molecule has 1 saturated carbocycles. The van der Waals surface area contributed by atoms with E-state index in [0.717, 1.165) is 5.92 Å². The van der Waals surface area contributed by atoms with Gasteiger partial charge in [-0.25, -0.2) is 0 Å². The molecular formula is C14H30N2. The normalized spacial score (nSPS) is 30.9. The van der Waals surface area contributed by atoms with Gasteiger partial charge in [0.2, 0.25) is 0 Å². The molecule has 0 amide bonds. The van der Waals surface area contributed by atoms with Gasteiger partial charge in [-0.2, -0.15) is 0 Å². The number of nitrogens with zero attached hydrogens (tertiary/aromatic N) is 1. The maximum Gasteiger partial charge on any atom is 0.00471 e. The molecule has 1 aliphatic carbocycles. The van der Waals surface area contributed by atoms with Gasteiger partial charge >= 0.3 is 0 Å². The molecule has 0 unspecified atom stereocenters. The Kier molecular flexibility index (Phi) is 5.77. The summed E-state index contributed by atoms with van der Waals surface area (Å²) < 4.78 is 0. The molecule has 96 valence electrons. The van der Waals surface area contributed by atoms with E-state index in [-0.39, 0.29) is 0 Å².